The maximum atomic E-state index is 11.2. The second-order valence-electron chi connectivity index (χ2n) is 7.57. The van der Waals surface area contributed by atoms with Gasteiger partial charge in [-0.05, 0) is 36.8 Å². The van der Waals surface area contributed by atoms with Crippen LogP contribution in [0.5, 0.6) is 0 Å². The van der Waals surface area contributed by atoms with Gasteiger partial charge >= 0.3 is 6.09 Å². The van der Waals surface area contributed by atoms with Crippen molar-refractivity contribution in [3.05, 3.63) is 54.4 Å². The van der Waals surface area contributed by atoms with Gasteiger partial charge in [0.05, 0.1) is 28.8 Å². The van der Waals surface area contributed by atoms with Gasteiger partial charge in [-0.1, -0.05) is 6.07 Å². The molecule has 0 radical (unpaired) electrons. The van der Waals surface area contributed by atoms with E-state index in [1.165, 1.54) is 6.92 Å². The lowest BCUT2D eigenvalue weighted by Crippen LogP contribution is -2.35. The number of carbonyl (C=O) groups is 2. The SMILES string of the molecule is CC(=O)Nc1ccc(Nc2nccc(-c3ccc(N4CCC[C@H]4OC(N)=O)c(C#N)c3)n2)cn1. The number of anilines is 4. The van der Waals surface area contributed by atoms with Crippen LogP contribution >= 0.6 is 0 Å². The Bertz CT molecular complexity index is 1260. The summed E-state index contributed by atoms with van der Waals surface area (Å²) < 4.78 is 5.19. The first-order valence-electron chi connectivity index (χ1n) is 10.5. The second-order valence-corrected chi connectivity index (χ2v) is 7.57. The lowest BCUT2D eigenvalue weighted by atomic mass is 10.1. The normalized spacial score (nSPS) is 14.8. The van der Waals surface area contributed by atoms with Crippen LogP contribution in [0.25, 0.3) is 11.3 Å². The van der Waals surface area contributed by atoms with E-state index < -0.39 is 12.3 Å². The molecule has 0 saturated carbocycles. The number of nitrogens with zero attached hydrogens (tertiary/aromatic N) is 5. The number of hydrogen-bond donors (Lipinski definition) is 3. The molecular formula is C23H22N8O3. The van der Waals surface area contributed by atoms with E-state index in [9.17, 15) is 14.9 Å². The Balaban J connectivity index is 1.55. The van der Waals surface area contributed by atoms with Crippen LogP contribution in [0.2, 0.25) is 0 Å². The summed E-state index contributed by atoms with van der Waals surface area (Å²) in [6, 6.07) is 12.8. The zero-order valence-electron chi connectivity index (χ0n) is 18.4. The highest BCUT2D eigenvalue weighted by Gasteiger charge is 2.29. The maximum absolute atomic E-state index is 11.2. The molecule has 4 rings (SSSR count). The number of amides is 2. The highest BCUT2D eigenvalue weighted by atomic mass is 16.6. The van der Waals surface area contributed by atoms with Gasteiger partial charge < -0.3 is 26.0 Å². The molecule has 3 aromatic rings. The number of aromatic nitrogens is 3. The monoisotopic (exact) mass is 458 g/mol. The fourth-order valence-electron chi connectivity index (χ4n) is 3.73. The van der Waals surface area contributed by atoms with Crippen LogP contribution in [0.1, 0.15) is 25.3 Å². The maximum Gasteiger partial charge on any atom is 0.406 e. The van der Waals surface area contributed by atoms with E-state index >= 15 is 0 Å². The highest BCUT2D eigenvalue weighted by Crippen LogP contribution is 2.32. The van der Waals surface area contributed by atoms with E-state index in [0.29, 0.717) is 47.4 Å². The number of pyridine rings is 1. The Labute approximate surface area is 195 Å². The number of benzene rings is 1. The molecule has 0 unspecified atom stereocenters. The van der Waals surface area contributed by atoms with Crippen molar-refractivity contribution in [2.75, 3.05) is 22.1 Å². The van der Waals surface area contributed by atoms with Crippen molar-refractivity contribution in [3.63, 3.8) is 0 Å². The molecule has 0 bridgehead atoms. The van der Waals surface area contributed by atoms with E-state index in [4.69, 9.17) is 10.5 Å². The molecule has 172 valence electrons. The first-order valence-corrected chi connectivity index (χ1v) is 10.5. The molecule has 3 heterocycles. The molecular weight excluding hydrogens is 436 g/mol. The zero-order chi connectivity index (χ0) is 24.1. The summed E-state index contributed by atoms with van der Waals surface area (Å²) in [5.41, 5.74) is 8.29. The Morgan fingerprint density at radius 3 is 2.79 bits per heavy atom. The number of hydrogen-bond acceptors (Lipinski definition) is 9. The van der Waals surface area contributed by atoms with Crippen molar-refractivity contribution in [3.8, 4) is 17.3 Å². The van der Waals surface area contributed by atoms with Crippen LogP contribution in [0.3, 0.4) is 0 Å². The van der Waals surface area contributed by atoms with E-state index in [2.05, 4.69) is 31.7 Å². The number of nitriles is 1. The molecule has 4 N–H and O–H groups in total. The molecule has 1 fully saturated rings. The van der Waals surface area contributed by atoms with Crippen molar-refractivity contribution in [1.82, 2.24) is 15.0 Å². The number of rotatable bonds is 6. The minimum absolute atomic E-state index is 0.201. The van der Waals surface area contributed by atoms with Crippen molar-refractivity contribution in [1.29, 1.82) is 5.26 Å². The van der Waals surface area contributed by atoms with Gasteiger partial charge in [0.15, 0.2) is 6.23 Å². The van der Waals surface area contributed by atoms with Crippen LogP contribution < -0.4 is 21.3 Å². The van der Waals surface area contributed by atoms with Gasteiger partial charge in [-0.15, -0.1) is 0 Å². The summed E-state index contributed by atoms with van der Waals surface area (Å²) in [4.78, 5) is 37.2. The first-order chi connectivity index (χ1) is 16.4. The van der Waals surface area contributed by atoms with Crippen LogP contribution in [0, 0.1) is 11.3 Å². The number of ether oxygens (including phenoxy) is 1. The predicted octanol–water partition coefficient (Wildman–Crippen LogP) is 3.13. The lowest BCUT2D eigenvalue weighted by molar-refractivity contribution is -0.114. The Morgan fingerprint density at radius 1 is 1.24 bits per heavy atom. The molecule has 1 saturated heterocycles. The second kappa shape index (κ2) is 9.83. The molecule has 0 spiro atoms. The van der Waals surface area contributed by atoms with Gasteiger partial charge in [-0.2, -0.15) is 5.26 Å². The molecule has 1 aromatic carbocycles. The van der Waals surface area contributed by atoms with Gasteiger partial charge in [0.1, 0.15) is 11.9 Å². The van der Waals surface area contributed by atoms with Crippen LogP contribution in [-0.2, 0) is 9.53 Å². The third-order valence-electron chi connectivity index (χ3n) is 5.15. The van der Waals surface area contributed by atoms with E-state index in [-0.39, 0.29) is 5.91 Å². The molecule has 11 heteroatoms. The number of carbonyl (C=O) groups excluding carboxylic acids is 2. The zero-order valence-corrected chi connectivity index (χ0v) is 18.4. The van der Waals surface area contributed by atoms with Crippen molar-refractivity contribution >= 4 is 35.1 Å². The van der Waals surface area contributed by atoms with E-state index in [1.54, 1.807) is 36.7 Å². The van der Waals surface area contributed by atoms with Gasteiger partial charge in [0, 0.05) is 31.6 Å². The van der Waals surface area contributed by atoms with Gasteiger partial charge in [0.25, 0.3) is 0 Å². The van der Waals surface area contributed by atoms with Crippen molar-refractivity contribution in [2.24, 2.45) is 5.73 Å². The van der Waals surface area contributed by atoms with Gasteiger partial charge in [0.2, 0.25) is 11.9 Å². The van der Waals surface area contributed by atoms with Gasteiger partial charge in [-0.3, -0.25) is 4.79 Å². The Hall–Kier alpha value is -4.72. The molecule has 2 aromatic heterocycles. The lowest BCUT2D eigenvalue weighted by Gasteiger charge is -2.26. The number of nitrogens with one attached hydrogen (secondary N) is 2. The Morgan fingerprint density at radius 2 is 2.09 bits per heavy atom. The molecule has 1 aliphatic rings. The summed E-state index contributed by atoms with van der Waals surface area (Å²) in [6.07, 6.45) is 3.32. The fourth-order valence-corrected chi connectivity index (χ4v) is 3.73. The summed E-state index contributed by atoms with van der Waals surface area (Å²) in [5.74, 6) is 0.592. The largest absolute Gasteiger partial charge is 0.426 e. The number of primary amides is 1. The fraction of sp³-hybridized carbons (Fsp3) is 0.217. The van der Waals surface area contributed by atoms with Crippen LogP contribution in [0.4, 0.5) is 27.9 Å². The highest BCUT2D eigenvalue weighted by molar-refractivity contribution is 5.87. The van der Waals surface area contributed by atoms with Crippen LogP contribution in [-0.4, -0.2) is 39.7 Å². The summed E-state index contributed by atoms with van der Waals surface area (Å²) in [5, 5.41) is 15.4. The third-order valence-corrected chi connectivity index (χ3v) is 5.15. The predicted molar refractivity (Wildman–Crippen MR) is 125 cm³/mol. The molecule has 2 amide bonds. The van der Waals surface area contributed by atoms with Crippen molar-refractivity contribution < 1.29 is 14.3 Å². The summed E-state index contributed by atoms with van der Waals surface area (Å²) in [7, 11) is 0. The van der Waals surface area contributed by atoms with E-state index in [0.717, 1.165) is 12.0 Å². The average molecular weight is 458 g/mol. The minimum Gasteiger partial charge on any atom is -0.426 e. The van der Waals surface area contributed by atoms with Crippen molar-refractivity contribution in [2.45, 2.75) is 26.0 Å². The molecule has 1 atom stereocenters. The van der Waals surface area contributed by atoms with E-state index in [1.807, 2.05) is 17.0 Å². The molecule has 1 aliphatic heterocycles. The minimum atomic E-state index is -0.840. The topological polar surface area (TPSA) is 159 Å². The van der Waals surface area contributed by atoms with Crippen LogP contribution in [0.15, 0.2) is 48.8 Å². The summed E-state index contributed by atoms with van der Waals surface area (Å²) in [6.45, 7) is 2.07. The molecule has 0 aliphatic carbocycles. The standard InChI is InChI=1S/C23H22N8O3/c1-14(32)28-20-7-5-17(13-27-20)29-23-26-9-8-18(30-23)15-4-6-19(16(11-15)12-24)31-10-2-3-21(31)34-22(25)33/h4-9,11,13,21H,2-3,10H2,1H3,(H2,25,33)(H,26,29,30)(H,27,28,32)/t21-/m1/s1. The quantitative estimate of drug-likeness (QED) is 0.504. The smallest absolute Gasteiger partial charge is 0.406 e. The first kappa shape index (κ1) is 22.5. The summed E-state index contributed by atoms with van der Waals surface area (Å²) >= 11 is 0. The number of nitrogens with two attached hydrogens (primary N) is 1. The molecule has 34 heavy (non-hydrogen) atoms. The van der Waals surface area contributed by atoms with Gasteiger partial charge in [-0.25, -0.2) is 19.7 Å². The third kappa shape index (κ3) is 5.18. The Kier molecular flexibility index (Phi) is 6.49. The molecule has 11 nitrogen and oxygen atoms in total. The average Bonchev–Trinajstić information content (AvgIpc) is 3.27.